The largest absolute Gasteiger partial charge is 0.324 e. The van der Waals surface area contributed by atoms with E-state index in [-0.39, 0.29) is 0 Å². The number of rotatable bonds is 6. The van der Waals surface area contributed by atoms with Crippen molar-refractivity contribution in [2.24, 2.45) is 14.1 Å². The van der Waals surface area contributed by atoms with E-state index in [4.69, 9.17) is 19.9 Å². The van der Waals surface area contributed by atoms with Gasteiger partial charge in [0, 0.05) is 96.4 Å². The van der Waals surface area contributed by atoms with E-state index in [0.717, 1.165) is 67.8 Å². The van der Waals surface area contributed by atoms with Gasteiger partial charge in [0.25, 0.3) is 0 Å². The molecule has 58 heavy (non-hydrogen) atoms. The Balaban J connectivity index is 0.000000133. The maximum atomic E-state index is 5.13. The van der Waals surface area contributed by atoms with Crippen LogP contribution in [-0.4, -0.2) is 58.6 Å². The first-order valence-electron chi connectivity index (χ1n) is 20.4. The molecule has 4 aliphatic rings. The van der Waals surface area contributed by atoms with Crippen molar-refractivity contribution in [1.82, 2.24) is 58.6 Å². The minimum absolute atomic E-state index is 0.547. The van der Waals surface area contributed by atoms with Gasteiger partial charge in [0.2, 0.25) is 0 Å². The van der Waals surface area contributed by atoms with Crippen LogP contribution in [0.3, 0.4) is 0 Å². The van der Waals surface area contributed by atoms with Crippen LogP contribution in [0.1, 0.15) is 85.5 Å². The first kappa shape index (κ1) is 34.7. The van der Waals surface area contributed by atoms with Crippen molar-refractivity contribution in [3.8, 4) is 67.8 Å². The van der Waals surface area contributed by atoms with E-state index in [9.17, 15) is 0 Å². The van der Waals surface area contributed by atoms with Gasteiger partial charge in [-0.25, -0.2) is 9.97 Å². The first-order valence-corrected chi connectivity index (χ1v) is 20.4. The highest BCUT2D eigenvalue weighted by Gasteiger charge is 2.43. The van der Waals surface area contributed by atoms with E-state index in [2.05, 4.69) is 77.8 Å². The topological polar surface area (TPSA) is 123 Å². The van der Waals surface area contributed by atoms with Gasteiger partial charge in [0.05, 0.1) is 46.6 Å². The number of imidazole rings is 2. The Bertz CT molecular complexity index is 2660. The smallest absolute Gasteiger partial charge is 0.115 e. The van der Waals surface area contributed by atoms with Gasteiger partial charge in [-0.15, -0.1) is 0 Å². The highest BCUT2D eigenvalue weighted by Crippen LogP contribution is 2.54. The minimum Gasteiger partial charge on any atom is -0.324 e. The van der Waals surface area contributed by atoms with Crippen LogP contribution >= 0.6 is 0 Å². The lowest BCUT2D eigenvalue weighted by atomic mass is 10.1. The molecule has 4 atom stereocenters. The summed E-state index contributed by atoms with van der Waals surface area (Å²) in [6.07, 6.45) is 18.9. The van der Waals surface area contributed by atoms with Gasteiger partial charge in [0.15, 0.2) is 0 Å². The molecule has 0 saturated heterocycles. The maximum absolute atomic E-state index is 5.13. The Morgan fingerprint density at radius 3 is 1.40 bits per heavy atom. The molecular weight excluding hydrogens is 721 g/mol. The highest BCUT2D eigenvalue weighted by atomic mass is 15.2. The average molecular weight is 765 g/mol. The summed E-state index contributed by atoms with van der Waals surface area (Å²) in [5.74, 6) is 3.62. The lowest BCUT2D eigenvalue weighted by Gasteiger charge is -2.17. The van der Waals surface area contributed by atoms with Crippen molar-refractivity contribution >= 4 is 0 Å². The van der Waals surface area contributed by atoms with Crippen LogP contribution in [0.4, 0.5) is 0 Å². The molecule has 4 bridgehead atoms. The number of pyridine rings is 4. The molecule has 0 aromatic carbocycles. The highest BCUT2D eigenvalue weighted by molar-refractivity contribution is 5.81. The lowest BCUT2D eigenvalue weighted by molar-refractivity contribution is 0.530. The van der Waals surface area contributed by atoms with E-state index >= 15 is 0 Å². The van der Waals surface area contributed by atoms with Crippen molar-refractivity contribution in [3.63, 3.8) is 0 Å². The lowest BCUT2D eigenvalue weighted by Crippen LogP contribution is -2.08. The SMILES string of the molecule is Cc1cccc(-c2nc3n(c2-c2ccnc(-c4cnn(C)c4)c2)[C@@H]2CC[C@H]3C2)n1.Cc1cccc(-c2nc3n(c2-c2ccnc(-c4cnn(C)c4)c2)[C@H]2CC[C@@H]3C2)n1. The fourth-order valence-corrected chi connectivity index (χ4v) is 9.91. The van der Waals surface area contributed by atoms with Crippen LogP contribution in [0.5, 0.6) is 0 Å². The molecule has 0 N–H and O–H groups in total. The van der Waals surface area contributed by atoms with Crippen LogP contribution in [0.2, 0.25) is 0 Å². The molecule has 2 fully saturated rings. The third-order valence-corrected chi connectivity index (χ3v) is 12.5. The van der Waals surface area contributed by atoms with Crippen LogP contribution in [0.25, 0.3) is 67.8 Å². The summed E-state index contributed by atoms with van der Waals surface area (Å²) in [6.45, 7) is 4.06. The summed E-state index contributed by atoms with van der Waals surface area (Å²) in [5.41, 5.74) is 14.4. The maximum Gasteiger partial charge on any atom is 0.115 e. The van der Waals surface area contributed by atoms with Crippen molar-refractivity contribution < 1.29 is 0 Å². The monoisotopic (exact) mass is 764 g/mol. The summed E-state index contributed by atoms with van der Waals surface area (Å²) in [5, 5.41) is 8.60. The zero-order valence-corrected chi connectivity index (χ0v) is 33.2. The normalized spacial score (nSPS) is 19.7. The van der Waals surface area contributed by atoms with Gasteiger partial charge in [-0.3, -0.25) is 29.3 Å². The fourth-order valence-electron chi connectivity index (χ4n) is 9.91. The molecule has 2 saturated carbocycles. The Morgan fingerprint density at radius 1 is 0.517 bits per heavy atom. The molecule has 0 radical (unpaired) electrons. The predicted molar refractivity (Wildman–Crippen MR) is 223 cm³/mol. The summed E-state index contributed by atoms with van der Waals surface area (Å²) in [6, 6.07) is 21.9. The zero-order chi connectivity index (χ0) is 39.1. The molecule has 0 spiro atoms. The molecule has 12 nitrogen and oxygen atoms in total. The van der Waals surface area contributed by atoms with Crippen LogP contribution in [0.15, 0.2) is 97.8 Å². The summed E-state index contributed by atoms with van der Waals surface area (Å²) < 4.78 is 8.58. The third kappa shape index (κ3) is 5.80. The Hall–Kier alpha value is -6.56. The van der Waals surface area contributed by atoms with Gasteiger partial charge in [-0.1, -0.05) is 12.1 Å². The van der Waals surface area contributed by atoms with Crippen LogP contribution in [-0.2, 0) is 14.1 Å². The number of fused-ring (bicyclic) bond motifs is 10. The molecule has 10 heterocycles. The van der Waals surface area contributed by atoms with Crippen molar-refractivity contribution in [2.75, 3.05) is 0 Å². The predicted octanol–water partition coefficient (Wildman–Crippen LogP) is 9.08. The van der Waals surface area contributed by atoms with Crippen molar-refractivity contribution in [2.45, 2.75) is 76.3 Å². The van der Waals surface area contributed by atoms with Crippen molar-refractivity contribution in [1.29, 1.82) is 0 Å². The molecule has 0 amide bonds. The van der Waals surface area contributed by atoms with Gasteiger partial charge in [-0.05, 0) is 101 Å². The number of hydrogen-bond acceptors (Lipinski definition) is 8. The zero-order valence-electron chi connectivity index (χ0n) is 33.2. The second kappa shape index (κ2) is 13.5. The first-order chi connectivity index (χ1) is 28.3. The number of nitrogens with zero attached hydrogens (tertiary/aromatic N) is 12. The van der Waals surface area contributed by atoms with E-state index in [1.54, 1.807) is 9.36 Å². The second-order valence-corrected chi connectivity index (χ2v) is 16.4. The van der Waals surface area contributed by atoms with Gasteiger partial charge < -0.3 is 9.13 Å². The van der Waals surface area contributed by atoms with Crippen molar-refractivity contribution in [3.05, 3.63) is 121 Å². The molecule has 12 rings (SSSR count). The van der Waals surface area contributed by atoms with Gasteiger partial charge >= 0.3 is 0 Å². The molecule has 8 aromatic rings. The Morgan fingerprint density at radius 2 is 0.983 bits per heavy atom. The molecule has 12 heteroatoms. The Kier molecular flexibility index (Phi) is 8.09. The molecule has 2 aliphatic heterocycles. The minimum atomic E-state index is 0.547. The second-order valence-electron chi connectivity index (χ2n) is 16.4. The third-order valence-electron chi connectivity index (χ3n) is 12.5. The molecule has 2 aliphatic carbocycles. The van der Waals surface area contributed by atoms with Gasteiger partial charge in [0.1, 0.15) is 23.0 Å². The van der Waals surface area contributed by atoms with Gasteiger partial charge in [-0.2, -0.15) is 10.2 Å². The number of hydrogen-bond donors (Lipinski definition) is 0. The molecule has 288 valence electrons. The standard InChI is InChI=1S/2C23H22N6/c2*1-14-4-3-5-19(26-14)21-22(29-18-7-6-16(10-18)23(29)27-21)15-8-9-24-20(11-15)17-12-25-28(2)13-17/h2*3-5,8-9,11-13,16,18H,6-7,10H2,1-2H3/t2*16-,18+/m10/s1. The number of aryl methyl sites for hydroxylation is 4. The summed E-state index contributed by atoms with van der Waals surface area (Å²) in [4.78, 5) is 29.0. The van der Waals surface area contributed by atoms with E-state index in [1.165, 1.54) is 61.6 Å². The molecule has 8 aromatic heterocycles. The summed E-state index contributed by atoms with van der Waals surface area (Å²) in [7, 11) is 3.85. The average Bonchev–Trinajstić information content (AvgIpc) is 4.10. The summed E-state index contributed by atoms with van der Waals surface area (Å²) >= 11 is 0. The fraction of sp³-hybridized carbons (Fsp3) is 0.304. The van der Waals surface area contributed by atoms with Crippen LogP contribution in [0, 0.1) is 13.8 Å². The number of aromatic nitrogens is 12. The molecule has 0 unspecified atom stereocenters. The van der Waals surface area contributed by atoms with E-state index in [1.807, 2.05) is 77.3 Å². The quantitative estimate of drug-likeness (QED) is 0.164. The Labute approximate surface area is 336 Å². The van der Waals surface area contributed by atoms with E-state index < -0.39 is 0 Å². The molecular formula is C46H44N12. The van der Waals surface area contributed by atoms with E-state index in [0.29, 0.717) is 23.9 Å². The van der Waals surface area contributed by atoms with Crippen LogP contribution < -0.4 is 0 Å².